The lowest BCUT2D eigenvalue weighted by Gasteiger charge is -2.20. The highest BCUT2D eigenvalue weighted by Gasteiger charge is 2.28. The summed E-state index contributed by atoms with van der Waals surface area (Å²) in [5.74, 6) is 0.170. The molecule has 20 heavy (non-hydrogen) atoms. The van der Waals surface area contributed by atoms with Crippen LogP contribution in [0.15, 0.2) is 4.90 Å². The first kappa shape index (κ1) is 15.5. The molecule has 1 aromatic heterocycles. The molecule has 0 saturated carbocycles. The van der Waals surface area contributed by atoms with Crippen molar-refractivity contribution in [2.24, 2.45) is 0 Å². The van der Waals surface area contributed by atoms with Crippen LogP contribution in [0, 0.1) is 0 Å². The van der Waals surface area contributed by atoms with Crippen molar-refractivity contribution in [2.75, 3.05) is 23.4 Å². The Kier molecular flexibility index (Phi) is 4.87. The van der Waals surface area contributed by atoms with Crippen molar-refractivity contribution in [3.63, 3.8) is 0 Å². The van der Waals surface area contributed by atoms with Crippen LogP contribution in [0.3, 0.4) is 0 Å². The average molecular weight is 319 g/mol. The molecule has 114 valence electrons. The SMILES string of the molecule is CCCS(=O)(=O)c1c(N)nsc1NC(C)C1CCCO1. The Balaban J connectivity index is 2.20. The summed E-state index contributed by atoms with van der Waals surface area (Å²) < 4.78 is 34.1. The summed E-state index contributed by atoms with van der Waals surface area (Å²) in [6.07, 6.45) is 2.69. The minimum absolute atomic E-state index is 0.0351. The van der Waals surface area contributed by atoms with Crippen LogP contribution in [-0.4, -0.2) is 37.3 Å². The van der Waals surface area contributed by atoms with Gasteiger partial charge in [-0.05, 0) is 37.7 Å². The van der Waals surface area contributed by atoms with E-state index < -0.39 is 9.84 Å². The molecule has 1 saturated heterocycles. The Morgan fingerprint density at radius 1 is 1.60 bits per heavy atom. The van der Waals surface area contributed by atoms with Gasteiger partial charge in [0.15, 0.2) is 15.7 Å². The number of nitrogen functional groups attached to an aromatic ring is 1. The van der Waals surface area contributed by atoms with Crippen molar-refractivity contribution in [2.45, 2.75) is 50.2 Å². The van der Waals surface area contributed by atoms with Crippen LogP contribution in [0.4, 0.5) is 10.8 Å². The third-order valence-corrected chi connectivity index (χ3v) is 6.24. The number of aromatic nitrogens is 1. The van der Waals surface area contributed by atoms with Gasteiger partial charge in [0.25, 0.3) is 0 Å². The molecule has 3 N–H and O–H groups in total. The quantitative estimate of drug-likeness (QED) is 0.831. The number of rotatable bonds is 6. The molecule has 1 aliphatic heterocycles. The highest BCUT2D eigenvalue weighted by Crippen LogP contribution is 2.34. The number of hydrogen-bond donors (Lipinski definition) is 2. The number of anilines is 2. The molecule has 0 radical (unpaired) electrons. The van der Waals surface area contributed by atoms with Crippen LogP contribution in [0.5, 0.6) is 0 Å². The van der Waals surface area contributed by atoms with Crippen LogP contribution in [0.1, 0.15) is 33.1 Å². The van der Waals surface area contributed by atoms with Crippen LogP contribution in [0.2, 0.25) is 0 Å². The zero-order chi connectivity index (χ0) is 14.8. The number of nitrogens with zero attached hydrogens (tertiary/aromatic N) is 1. The molecule has 0 spiro atoms. The molecule has 2 unspecified atom stereocenters. The van der Waals surface area contributed by atoms with E-state index in [1.165, 1.54) is 0 Å². The number of ether oxygens (including phenoxy) is 1. The van der Waals surface area contributed by atoms with Crippen molar-refractivity contribution >= 4 is 32.2 Å². The maximum atomic E-state index is 12.3. The molecular weight excluding hydrogens is 298 g/mol. The van der Waals surface area contributed by atoms with Crippen molar-refractivity contribution in [3.8, 4) is 0 Å². The Labute approximate surface area is 123 Å². The highest BCUT2D eigenvalue weighted by atomic mass is 32.2. The summed E-state index contributed by atoms with van der Waals surface area (Å²) in [7, 11) is -3.38. The molecule has 1 fully saturated rings. The Bertz CT molecular complexity index is 550. The normalized spacial score (nSPS) is 21.0. The van der Waals surface area contributed by atoms with Gasteiger partial charge in [-0.15, -0.1) is 0 Å². The summed E-state index contributed by atoms with van der Waals surface area (Å²) in [6.45, 7) is 4.58. The minimum Gasteiger partial charge on any atom is -0.382 e. The molecule has 2 heterocycles. The molecular formula is C12H21N3O3S2. The first-order valence-corrected chi connectivity index (χ1v) is 9.24. The minimum atomic E-state index is -3.38. The number of hydrogen-bond acceptors (Lipinski definition) is 7. The maximum absolute atomic E-state index is 12.3. The van der Waals surface area contributed by atoms with Gasteiger partial charge in [-0.3, -0.25) is 0 Å². The monoisotopic (exact) mass is 319 g/mol. The van der Waals surface area contributed by atoms with Gasteiger partial charge in [-0.2, -0.15) is 4.37 Å². The van der Waals surface area contributed by atoms with E-state index in [0.29, 0.717) is 11.4 Å². The standard InChI is InChI=1S/C12H21N3O3S2/c1-3-7-20(16,17)10-11(13)15-19-12(10)14-8(2)9-5-4-6-18-9/h8-9,14H,3-7H2,1-2H3,(H2,13,15). The van der Waals surface area contributed by atoms with E-state index in [0.717, 1.165) is 31.0 Å². The molecule has 2 rings (SSSR count). The Hall–Kier alpha value is -0.860. The topological polar surface area (TPSA) is 94.3 Å². The first-order valence-electron chi connectivity index (χ1n) is 6.81. The molecule has 0 aromatic carbocycles. The predicted octanol–water partition coefficient (Wildman–Crippen LogP) is 1.89. The highest BCUT2D eigenvalue weighted by molar-refractivity contribution is 7.91. The van der Waals surface area contributed by atoms with Crippen LogP contribution < -0.4 is 11.1 Å². The van der Waals surface area contributed by atoms with Crippen LogP contribution in [0.25, 0.3) is 0 Å². The largest absolute Gasteiger partial charge is 0.382 e. The smallest absolute Gasteiger partial charge is 0.185 e. The van der Waals surface area contributed by atoms with Crippen molar-refractivity contribution in [1.82, 2.24) is 4.37 Å². The van der Waals surface area contributed by atoms with Crippen molar-refractivity contribution in [3.05, 3.63) is 0 Å². The molecule has 0 bridgehead atoms. The number of nitrogens with one attached hydrogen (secondary N) is 1. The third-order valence-electron chi connectivity index (χ3n) is 3.34. The lowest BCUT2D eigenvalue weighted by atomic mass is 10.1. The van der Waals surface area contributed by atoms with E-state index in [1.807, 2.05) is 13.8 Å². The van der Waals surface area contributed by atoms with E-state index in [9.17, 15) is 8.42 Å². The fourth-order valence-electron chi connectivity index (χ4n) is 2.35. The zero-order valence-electron chi connectivity index (χ0n) is 11.8. The summed E-state index contributed by atoms with van der Waals surface area (Å²) in [5.41, 5.74) is 5.74. The van der Waals surface area contributed by atoms with Gasteiger partial charge in [0.2, 0.25) is 0 Å². The summed E-state index contributed by atoms with van der Waals surface area (Å²) >= 11 is 1.10. The van der Waals surface area contributed by atoms with E-state index in [1.54, 1.807) is 0 Å². The lowest BCUT2D eigenvalue weighted by molar-refractivity contribution is 0.0997. The van der Waals surface area contributed by atoms with Crippen molar-refractivity contribution in [1.29, 1.82) is 0 Å². The molecule has 2 atom stereocenters. The lowest BCUT2D eigenvalue weighted by Crippen LogP contribution is -2.30. The van der Waals surface area contributed by atoms with E-state index >= 15 is 0 Å². The van der Waals surface area contributed by atoms with Crippen LogP contribution >= 0.6 is 11.5 Å². The molecule has 1 aliphatic rings. The van der Waals surface area contributed by atoms with Gasteiger partial charge in [-0.1, -0.05) is 6.92 Å². The second-order valence-corrected chi connectivity index (χ2v) is 7.85. The van der Waals surface area contributed by atoms with Gasteiger partial charge in [0.1, 0.15) is 9.90 Å². The van der Waals surface area contributed by atoms with Gasteiger partial charge in [0, 0.05) is 6.61 Å². The Morgan fingerprint density at radius 2 is 2.35 bits per heavy atom. The fourth-order valence-corrected chi connectivity index (χ4v) is 5.06. The van der Waals surface area contributed by atoms with Gasteiger partial charge < -0.3 is 15.8 Å². The third kappa shape index (κ3) is 3.24. The molecule has 1 aromatic rings. The van der Waals surface area contributed by atoms with Gasteiger partial charge in [-0.25, -0.2) is 8.42 Å². The zero-order valence-corrected chi connectivity index (χ0v) is 13.4. The van der Waals surface area contributed by atoms with Gasteiger partial charge >= 0.3 is 0 Å². The van der Waals surface area contributed by atoms with Crippen molar-refractivity contribution < 1.29 is 13.2 Å². The molecule has 6 nitrogen and oxygen atoms in total. The average Bonchev–Trinajstić information content (AvgIpc) is 2.99. The molecule has 8 heteroatoms. The van der Waals surface area contributed by atoms with E-state index in [-0.39, 0.29) is 28.6 Å². The summed E-state index contributed by atoms with van der Waals surface area (Å²) in [5, 5.41) is 3.74. The second kappa shape index (κ2) is 6.28. The molecule has 0 aliphatic carbocycles. The van der Waals surface area contributed by atoms with E-state index in [2.05, 4.69) is 9.69 Å². The predicted molar refractivity (Wildman–Crippen MR) is 80.9 cm³/mol. The fraction of sp³-hybridized carbons (Fsp3) is 0.750. The van der Waals surface area contributed by atoms with Crippen LogP contribution in [-0.2, 0) is 14.6 Å². The second-order valence-electron chi connectivity index (χ2n) is 5.03. The Morgan fingerprint density at radius 3 is 2.95 bits per heavy atom. The number of sulfone groups is 1. The van der Waals surface area contributed by atoms with Gasteiger partial charge in [0.05, 0.1) is 17.9 Å². The molecule has 0 amide bonds. The summed E-state index contributed by atoms with van der Waals surface area (Å²) in [6, 6.07) is 0.0351. The maximum Gasteiger partial charge on any atom is 0.185 e. The first-order chi connectivity index (χ1) is 9.45. The summed E-state index contributed by atoms with van der Waals surface area (Å²) in [4.78, 5) is 0.147. The number of nitrogens with two attached hydrogens (primary N) is 1. The van der Waals surface area contributed by atoms with E-state index in [4.69, 9.17) is 10.5 Å².